The summed E-state index contributed by atoms with van der Waals surface area (Å²) in [6, 6.07) is 3.92. The number of nitrogens with one attached hydrogen (secondary N) is 1. The van der Waals surface area contributed by atoms with Crippen LogP contribution in [0.25, 0.3) is 11.3 Å². The van der Waals surface area contributed by atoms with E-state index in [1.807, 2.05) is 13.0 Å². The van der Waals surface area contributed by atoms with Crippen LogP contribution in [0.1, 0.15) is 63.0 Å². The monoisotopic (exact) mass is 617 g/mol. The first-order valence-electron chi connectivity index (χ1n) is 15.5. The lowest BCUT2D eigenvalue weighted by molar-refractivity contribution is -0.274. The van der Waals surface area contributed by atoms with Gasteiger partial charge in [-0.15, -0.1) is 13.2 Å². The fourth-order valence-corrected chi connectivity index (χ4v) is 7.30. The molecular formula is C32H39F4N5O3. The van der Waals surface area contributed by atoms with Crippen LogP contribution >= 0.6 is 0 Å². The fourth-order valence-electron chi connectivity index (χ4n) is 7.30. The summed E-state index contributed by atoms with van der Waals surface area (Å²) in [4.78, 5) is 13.9. The van der Waals surface area contributed by atoms with Crippen molar-refractivity contribution in [2.45, 2.75) is 82.8 Å². The zero-order valence-electron chi connectivity index (χ0n) is 25.1. The van der Waals surface area contributed by atoms with Gasteiger partial charge in [-0.05, 0) is 88.7 Å². The van der Waals surface area contributed by atoms with Gasteiger partial charge in [-0.1, -0.05) is 13.0 Å². The number of hydrogen-bond donors (Lipinski definition) is 2. The summed E-state index contributed by atoms with van der Waals surface area (Å²) in [5.74, 6) is -1.21. The van der Waals surface area contributed by atoms with Crippen LogP contribution in [-0.2, 0) is 4.74 Å². The van der Waals surface area contributed by atoms with Gasteiger partial charge in [0.05, 0.1) is 11.1 Å². The number of amidine groups is 1. The number of likely N-dealkylation sites (tertiary alicyclic amines) is 1. The highest BCUT2D eigenvalue weighted by atomic mass is 19.4. The van der Waals surface area contributed by atoms with E-state index < -0.39 is 34.9 Å². The number of aliphatic imine (C=N–C) groups is 1. The highest BCUT2D eigenvalue weighted by Gasteiger charge is 2.45. The molecule has 4 saturated heterocycles. The summed E-state index contributed by atoms with van der Waals surface area (Å²) in [5.41, 5.74) is -0.329. The predicted octanol–water partition coefficient (Wildman–Crippen LogP) is 5.88. The molecule has 0 radical (unpaired) electrons. The van der Waals surface area contributed by atoms with E-state index in [0.29, 0.717) is 43.4 Å². The predicted molar refractivity (Wildman–Crippen MR) is 158 cm³/mol. The van der Waals surface area contributed by atoms with E-state index in [-0.39, 0.29) is 23.2 Å². The van der Waals surface area contributed by atoms with Crippen LogP contribution in [0.4, 0.5) is 17.6 Å². The summed E-state index contributed by atoms with van der Waals surface area (Å²) in [7, 11) is 0. The Morgan fingerprint density at radius 3 is 2.55 bits per heavy atom. The molecule has 238 valence electrons. The number of nitrogens with zero attached hydrogens (tertiary/aromatic N) is 4. The summed E-state index contributed by atoms with van der Waals surface area (Å²) in [6.07, 6.45) is 5.53. The first-order valence-corrected chi connectivity index (χ1v) is 15.5. The van der Waals surface area contributed by atoms with E-state index in [2.05, 4.69) is 24.8 Å². The Labute approximate surface area is 254 Å². The molecule has 12 heteroatoms. The molecular weight excluding hydrogens is 578 g/mol. The number of alkyl halides is 3. The Morgan fingerprint density at radius 1 is 1.18 bits per heavy atom. The molecule has 0 amide bonds. The molecule has 2 bridgehead atoms. The maximum atomic E-state index is 16.2. The standard InChI is InChI=1S/C32H39F4N5O3/c1-3-7-26(43-19-31-12-5-14-41(31)15-6-13-31)39-30(40-17-21-10-11-22(18-40)38-21)23-16-37-29(28(33)20(23)2)27-24(42)8-4-9-25(27)44-32(34,35)36/h4,7-9,16,21-22,38,42H,3,5-6,10-15,17-19H2,1-2H3/b26-7-,39-30+. The third-order valence-corrected chi connectivity index (χ3v) is 9.38. The fraction of sp³-hybridized carbons (Fsp3) is 0.562. The summed E-state index contributed by atoms with van der Waals surface area (Å²) >= 11 is 0. The van der Waals surface area contributed by atoms with E-state index in [4.69, 9.17) is 9.73 Å². The molecule has 6 rings (SSSR count). The summed E-state index contributed by atoms with van der Waals surface area (Å²) in [6.45, 7) is 7.58. The largest absolute Gasteiger partial charge is 0.573 e. The van der Waals surface area contributed by atoms with Crippen LogP contribution in [0.3, 0.4) is 0 Å². The number of allylic oxidation sites excluding steroid dienone is 1. The second kappa shape index (κ2) is 12.2. The Bertz CT molecular complexity index is 1420. The molecule has 4 aliphatic heterocycles. The van der Waals surface area contributed by atoms with Crippen molar-refractivity contribution in [3.8, 4) is 22.8 Å². The van der Waals surface area contributed by atoms with Crippen molar-refractivity contribution in [1.29, 1.82) is 0 Å². The van der Waals surface area contributed by atoms with E-state index in [0.717, 1.165) is 57.7 Å². The van der Waals surface area contributed by atoms with Gasteiger partial charge in [0, 0.05) is 36.9 Å². The molecule has 2 aromatic rings. The number of aromatic hydroxyl groups is 1. The van der Waals surface area contributed by atoms with E-state index >= 15 is 4.39 Å². The zero-order chi connectivity index (χ0) is 31.1. The normalized spacial score (nSPS) is 23.7. The number of phenols is 1. The first-order chi connectivity index (χ1) is 21.1. The summed E-state index contributed by atoms with van der Waals surface area (Å²) in [5, 5.41) is 14.1. The van der Waals surface area contributed by atoms with Crippen molar-refractivity contribution in [2.24, 2.45) is 4.99 Å². The number of rotatable bonds is 8. The lowest BCUT2D eigenvalue weighted by Gasteiger charge is -2.36. The molecule has 2 unspecified atom stereocenters. The number of ether oxygens (including phenoxy) is 2. The van der Waals surface area contributed by atoms with Gasteiger partial charge in [0.25, 0.3) is 0 Å². The molecule has 0 saturated carbocycles. The quantitative estimate of drug-likeness (QED) is 0.166. The van der Waals surface area contributed by atoms with Gasteiger partial charge >= 0.3 is 6.36 Å². The Kier molecular flexibility index (Phi) is 8.49. The molecule has 44 heavy (non-hydrogen) atoms. The van der Waals surface area contributed by atoms with Crippen LogP contribution in [0.15, 0.2) is 41.3 Å². The number of piperazine rings is 1. The van der Waals surface area contributed by atoms with E-state index in [1.165, 1.54) is 18.3 Å². The minimum atomic E-state index is -5.04. The number of hydrogen-bond acceptors (Lipinski definition) is 7. The molecule has 1 aromatic carbocycles. The van der Waals surface area contributed by atoms with Crippen molar-refractivity contribution in [1.82, 2.24) is 20.1 Å². The van der Waals surface area contributed by atoms with Crippen molar-refractivity contribution in [3.05, 3.63) is 53.3 Å². The molecule has 8 nitrogen and oxygen atoms in total. The molecule has 4 fully saturated rings. The number of phenolic OH excluding ortho intramolecular Hbond substituents is 1. The number of fused-ring (bicyclic) bond motifs is 3. The molecule has 2 atom stereocenters. The van der Waals surface area contributed by atoms with Gasteiger partial charge in [0.15, 0.2) is 5.82 Å². The van der Waals surface area contributed by atoms with Gasteiger partial charge in [0.2, 0.25) is 5.88 Å². The number of benzene rings is 1. The van der Waals surface area contributed by atoms with Gasteiger partial charge in [-0.3, -0.25) is 9.88 Å². The second-order valence-corrected chi connectivity index (χ2v) is 12.3. The molecule has 0 aliphatic carbocycles. The highest BCUT2D eigenvalue weighted by Crippen LogP contribution is 2.42. The van der Waals surface area contributed by atoms with Crippen molar-refractivity contribution >= 4 is 5.84 Å². The number of pyridine rings is 1. The lowest BCUT2D eigenvalue weighted by atomic mass is 9.95. The minimum Gasteiger partial charge on any atom is -0.507 e. The van der Waals surface area contributed by atoms with Crippen molar-refractivity contribution in [3.63, 3.8) is 0 Å². The van der Waals surface area contributed by atoms with Crippen molar-refractivity contribution < 1.29 is 32.1 Å². The van der Waals surface area contributed by atoms with Crippen LogP contribution in [0, 0.1) is 12.7 Å². The molecule has 5 heterocycles. The van der Waals surface area contributed by atoms with Crippen LogP contribution in [0.2, 0.25) is 0 Å². The number of aromatic nitrogens is 1. The maximum absolute atomic E-state index is 16.2. The topological polar surface area (TPSA) is 82.5 Å². The average molecular weight is 618 g/mol. The van der Waals surface area contributed by atoms with E-state index in [1.54, 1.807) is 6.92 Å². The first kappa shape index (κ1) is 30.6. The smallest absolute Gasteiger partial charge is 0.507 e. The molecule has 2 N–H and O–H groups in total. The van der Waals surface area contributed by atoms with E-state index in [9.17, 15) is 18.3 Å². The van der Waals surface area contributed by atoms with Crippen LogP contribution in [0.5, 0.6) is 11.5 Å². The lowest BCUT2D eigenvalue weighted by Crippen LogP contribution is -2.53. The molecule has 1 aromatic heterocycles. The summed E-state index contributed by atoms with van der Waals surface area (Å²) < 4.78 is 66.2. The number of halogens is 4. The Morgan fingerprint density at radius 2 is 1.89 bits per heavy atom. The SMILES string of the molecule is CC/C=C(/N=C(\c1cnc(-c2c(O)cccc2OC(F)(F)F)c(F)c1C)N1CC2CCC(C1)N2)OCC12CCCN1CCC2. The van der Waals surface area contributed by atoms with Gasteiger partial charge < -0.3 is 24.8 Å². The van der Waals surface area contributed by atoms with Gasteiger partial charge in [-0.25, -0.2) is 4.39 Å². The third kappa shape index (κ3) is 6.10. The van der Waals surface area contributed by atoms with Gasteiger partial charge in [-0.2, -0.15) is 4.99 Å². The van der Waals surface area contributed by atoms with Gasteiger partial charge in [0.1, 0.15) is 29.6 Å². The Balaban J connectivity index is 1.38. The van der Waals surface area contributed by atoms with Crippen LogP contribution < -0.4 is 10.1 Å². The zero-order valence-corrected chi connectivity index (χ0v) is 25.1. The Hall–Kier alpha value is -3.38. The third-order valence-electron chi connectivity index (χ3n) is 9.38. The molecule has 4 aliphatic rings. The minimum absolute atomic E-state index is 0.0236. The second-order valence-electron chi connectivity index (χ2n) is 12.3. The highest BCUT2D eigenvalue weighted by molar-refractivity contribution is 6.01. The maximum Gasteiger partial charge on any atom is 0.573 e. The van der Waals surface area contributed by atoms with Crippen molar-refractivity contribution in [2.75, 3.05) is 32.8 Å². The van der Waals surface area contributed by atoms with Crippen LogP contribution in [-0.4, -0.2) is 82.5 Å². The molecule has 0 spiro atoms. The average Bonchev–Trinajstić information content (AvgIpc) is 3.65.